The highest BCUT2D eigenvalue weighted by atomic mass is 16.5. The van der Waals surface area contributed by atoms with E-state index in [2.05, 4.69) is 26.0 Å². The van der Waals surface area contributed by atoms with E-state index in [1.54, 1.807) is 20.3 Å². The third kappa shape index (κ3) is 4.76. The van der Waals surface area contributed by atoms with Crippen LogP contribution in [0, 0.1) is 0 Å². The third-order valence-corrected chi connectivity index (χ3v) is 5.77. The minimum atomic E-state index is -0.194. The fourth-order valence-electron chi connectivity index (χ4n) is 4.31. The van der Waals surface area contributed by atoms with Gasteiger partial charge in [0.05, 0.1) is 25.5 Å². The van der Waals surface area contributed by atoms with E-state index in [0.717, 1.165) is 37.4 Å². The van der Waals surface area contributed by atoms with Gasteiger partial charge in [0, 0.05) is 25.5 Å². The van der Waals surface area contributed by atoms with E-state index in [4.69, 9.17) is 13.9 Å². The summed E-state index contributed by atoms with van der Waals surface area (Å²) < 4.78 is 16.8. The Morgan fingerprint density at radius 1 is 1.21 bits per heavy atom. The van der Waals surface area contributed by atoms with Crippen LogP contribution < -0.4 is 4.74 Å². The molecule has 1 saturated heterocycles. The van der Waals surface area contributed by atoms with Gasteiger partial charge >= 0.3 is 0 Å². The summed E-state index contributed by atoms with van der Waals surface area (Å²) in [4.78, 5) is 14.1. The van der Waals surface area contributed by atoms with Crippen LogP contribution >= 0.6 is 0 Å². The summed E-state index contributed by atoms with van der Waals surface area (Å²) in [5.74, 6) is 1.72. The molecule has 1 aliphatic rings. The molecule has 3 rings (SSSR count). The molecule has 1 aromatic heterocycles. The number of hydrogen-bond donors (Lipinski definition) is 0. The first-order valence-electron chi connectivity index (χ1n) is 9.90. The summed E-state index contributed by atoms with van der Waals surface area (Å²) in [5.41, 5.74) is 1.05. The first-order chi connectivity index (χ1) is 13.3. The molecule has 152 valence electrons. The van der Waals surface area contributed by atoms with Crippen molar-refractivity contribution in [2.24, 2.45) is 0 Å². The molecule has 0 saturated carbocycles. The molecule has 2 aromatic rings. The summed E-state index contributed by atoms with van der Waals surface area (Å²) in [6, 6.07) is 12.1. The van der Waals surface area contributed by atoms with Crippen molar-refractivity contribution in [3.63, 3.8) is 0 Å². The maximum absolute atomic E-state index is 12.2. The van der Waals surface area contributed by atoms with E-state index in [0.29, 0.717) is 13.1 Å². The normalized spacial score (nSPS) is 21.3. The number of methoxy groups -OCH3 is 1. The number of rotatable bonds is 7. The molecule has 0 bridgehead atoms. The summed E-state index contributed by atoms with van der Waals surface area (Å²) in [6.45, 7) is 7.82. The Bertz CT molecular complexity index is 766. The molecule has 5 nitrogen and oxygen atoms in total. The minimum Gasteiger partial charge on any atom is -0.497 e. The second-order valence-electron chi connectivity index (χ2n) is 8.31. The molecule has 1 aromatic carbocycles. The molecule has 1 amide bonds. The Labute approximate surface area is 167 Å². The number of amides is 1. The number of nitrogens with zero attached hydrogens (tertiary/aromatic N) is 1. The van der Waals surface area contributed by atoms with Gasteiger partial charge in [0.15, 0.2) is 0 Å². The van der Waals surface area contributed by atoms with Crippen LogP contribution in [0.15, 0.2) is 47.1 Å². The van der Waals surface area contributed by atoms with E-state index in [9.17, 15) is 4.79 Å². The average molecular weight is 386 g/mol. The van der Waals surface area contributed by atoms with Crippen molar-refractivity contribution >= 4 is 5.91 Å². The molecule has 1 atom stereocenters. The maximum Gasteiger partial charge on any atom is 0.219 e. The number of carbonyl (C=O) groups is 1. The van der Waals surface area contributed by atoms with Crippen LogP contribution in [0.5, 0.6) is 5.75 Å². The van der Waals surface area contributed by atoms with Gasteiger partial charge in [-0.1, -0.05) is 12.1 Å². The zero-order valence-corrected chi connectivity index (χ0v) is 17.4. The Morgan fingerprint density at radius 3 is 2.54 bits per heavy atom. The number of hydrogen-bond acceptors (Lipinski definition) is 4. The van der Waals surface area contributed by atoms with Gasteiger partial charge in [-0.25, -0.2) is 0 Å². The smallest absolute Gasteiger partial charge is 0.219 e. The Morgan fingerprint density at radius 2 is 1.96 bits per heavy atom. The zero-order valence-electron chi connectivity index (χ0n) is 17.4. The minimum absolute atomic E-state index is 0.0368. The van der Waals surface area contributed by atoms with Gasteiger partial charge < -0.3 is 18.8 Å². The van der Waals surface area contributed by atoms with Crippen molar-refractivity contribution in [3.05, 3.63) is 54.0 Å². The molecular weight excluding hydrogens is 354 g/mol. The van der Waals surface area contributed by atoms with Gasteiger partial charge in [-0.3, -0.25) is 4.79 Å². The quantitative estimate of drug-likeness (QED) is 0.701. The fourth-order valence-corrected chi connectivity index (χ4v) is 4.31. The molecule has 0 aliphatic carbocycles. The van der Waals surface area contributed by atoms with Crippen molar-refractivity contribution in [2.75, 3.05) is 20.3 Å². The first kappa shape index (κ1) is 20.5. The second kappa shape index (κ2) is 8.39. The van der Waals surface area contributed by atoms with Gasteiger partial charge in [-0.05, 0) is 62.9 Å². The predicted molar refractivity (Wildman–Crippen MR) is 108 cm³/mol. The van der Waals surface area contributed by atoms with Gasteiger partial charge in [0.1, 0.15) is 11.5 Å². The highest BCUT2D eigenvalue weighted by Crippen LogP contribution is 2.44. The van der Waals surface area contributed by atoms with Gasteiger partial charge in [0.25, 0.3) is 0 Å². The molecule has 2 heterocycles. The number of benzene rings is 1. The number of furan rings is 1. The lowest BCUT2D eigenvalue weighted by atomic mass is 9.67. The third-order valence-electron chi connectivity index (χ3n) is 5.77. The van der Waals surface area contributed by atoms with Crippen LogP contribution in [0.4, 0.5) is 0 Å². The van der Waals surface area contributed by atoms with Crippen molar-refractivity contribution in [1.29, 1.82) is 0 Å². The molecule has 28 heavy (non-hydrogen) atoms. The lowest BCUT2D eigenvalue weighted by Crippen LogP contribution is -2.46. The van der Waals surface area contributed by atoms with E-state index < -0.39 is 0 Å². The molecule has 5 heteroatoms. The Kier molecular flexibility index (Phi) is 6.14. The van der Waals surface area contributed by atoms with Crippen LogP contribution in [0.1, 0.15) is 51.4 Å². The van der Waals surface area contributed by atoms with E-state index in [1.807, 2.05) is 29.2 Å². The molecule has 0 spiro atoms. The van der Waals surface area contributed by atoms with E-state index >= 15 is 0 Å². The van der Waals surface area contributed by atoms with E-state index in [1.165, 1.54) is 5.56 Å². The van der Waals surface area contributed by atoms with Crippen LogP contribution in [0.3, 0.4) is 0 Å². The Balaban J connectivity index is 1.82. The van der Waals surface area contributed by atoms with Gasteiger partial charge in [-0.15, -0.1) is 0 Å². The molecular formula is C23H31NO4. The first-order valence-corrected chi connectivity index (χ1v) is 9.90. The maximum atomic E-state index is 12.2. The lowest BCUT2D eigenvalue weighted by molar-refractivity contribution is -0.130. The molecule has 0 N–H and O–H groups in total. The van der Waals surface area contributed by atoms with Crippen molar-refractivity contribution in [2.45, 2.75) is 57.6 Å². The van der Waals surface area contributed by atoms with Crippen molar-refractivity contribution in [1.82, 2.24) is 4.90 Å². The van der Waals surface area contributed by atoms with Crippen LogP contribution in [0.25, 0.3) is 0 Å². The lowest BCUT2D eigenvalue weighted by Gasteiger charge is -2.46. The highest BCUT2D eigenvalue weighted by molar-refractivity contribution is 5.73. The highest BCUT2D eigenvalue weighted by Gasteiger charge is 2.42. The summed E-state index contributed by atoms with van der Waals surface area (Å²) in [5, 5.41) is 0. The monoisotopic (exact) mass is 385 g/mol. The molecule has 1 unspecified atom stereocenters. The van der Waals surface area contributed by atoms with Crippen molar-refractivity contribution in [3.8, 4) is 5.75 Å². The van der Waals surface area contributed by atoms with Crippen LogP contribution in [-0.4, -0.2) is 36.7 Å². The Hall–Kier alpha value is -2.27. The average Bonchev–Trinajstić information content (AvgIpc) is 3.17. The molecule has 0 radical (unpaired) electrons. The number of ether oxygens (including phenoxy) is 2. The molecule has 1 fully saturated rings. The summed E-state index contributed by atoms with van der Waals surface area (Å²) in [7, 11) is 1.68. The largest absolute Gasteiger partial charge is 0.497 e. The van der Waals surface area contributed by atoms with Crippen molar-refractivity contribution < 1.29 is 18.7 Å². The predicted octanol–water partition coefficient (Wildman–Crippen LogP) is 4.55. The van der Waals surface area contributed by atoms with Crippen LogP contribution in [0.2, 0.25) is 0 Å². The van der Waals surface area contributed by atoms with Gasteiger partial charge in [-0.2, -0.15) is 0 Å². The molecule has 1 aliphatic heterocycles. The topological polar surface area (TPSA) is 51.9 Å². The second-order valence-corrected chi connectivity index (χ2v) is 8.31. The summed E-state index contributed by atoms with van der Waals surface area (Å²) in [6.07, 6.45) is 4.38. The van der Waals surface area contributed by atoms with Crippen LogP contribution in [-0.2, 0) is 21.5 Å². The SMILES string of the molecule is COc1ccc(C2(CCN(Cc3ccco3)C(C)=O)CCOC(C)(C)C2)cc1. The summed E-state index contributed by atoms with van der Waals surface area (Å²) >= 11 is 0. The standard InChI is InChI=1S/C23H31NO4/c1-18(25)24(16-21-6-5-14-27-21)13-11-23(12-15-28-22(2,3)17-23)19-7-9-20(26-4)10-8-19/h5-10,14H,11-13,15-17H2,1-4H3. The zero-order chi connectivity index (χ0) is 20.2. The fraction of sp³-hybridized carbons (Fsp3) is 0.522. The van der Waals surface area contributed by atoms with E-state index in [-0.39, 0.29) is 16.9 Å². The number of carbonyl (C=O) groups excluding carboxylic acids is 1. The van der Waals surface area contributed by atoms with Gasteiger partial charge in [0.2, 0.25) is 5.91 Å².